The Morgan fingerprint density at radius 3 is 2.43 bits per heavy atom. The van der Waals surface area contributed by atoms with Gasteiger partial charge in [0.15, 0.2) is 0 Å². The molecule has 0 bridgehead atoms. The first-order chi connectivity index (χ1) is 13.8. The van der Waals surface area contributed by atoms with Crippen molar-refractivity contribution in [2.24, 2.45) is 0 Å². The molecule has 0 atom stereocenters. The van der Waals surface area contributed by atoms with Crippen molar-refractivity contribution in [2.45, 2.75) is 18.9 Å². The Balaban J connectivity index is 1.65. The van der Waals surface area contributed by atoms with Crippen LogP contribution in [0.1, 0.15) is 12.8 Å². The van der Waals surface area contributed by atoms with Gasteiger partial charge in [-0.25, -0.2) is 9.97 Å². The Bertz CT molecular complexity index is 1100. The van der Waals surface area contributed by atoms with E-state index in [0.29, 0.717) is 0 Å². The number of aliphatic hydroxyl groups excluding tert-OH is 1. The average molecular weight is 370 g/mol. The lowest BCUT2D eigenvalue weighted by Gasteiger charge is -2.30. The number of aromatic amines is 1. The van der Waals surface area contributed by atoms with Crippen molar-refractivity contribution in [1.82, 2.24) is 15.0 Å². The smallest absolute Gasteiger partial charge is 0.226 e. The van der Waals surface area contributed by atoms with Gasteiger partial charge in [-0.2, -0.15) is 0 Å². The molecule has 2 aromatic carbocycles. The molecule has 1 saturated heterocycles. The fourth-order valence-corrected chi connectivity index (χ4v) is 3.82. The molecule has 5 heteroatoms. The molecular weight excluding hydrogens is 348 g/mol. The molecule has 0 spiro atoms. The normalized spacial score (nSPS) is 15.2. The van der Waals surface area contributed by atoms with Gasteiger partial charge in [0.25, 0.3) is 0 Å². The number of H-pyrrole nitrogens is 1. The number of hydrogen-bond acceptors (Lipinski definition) is 4. The van der Waals surface area contributed by atoms with Crippen LogP contribution in [0.3, 0.4) is 0 Å². The highest BCUT2D eigenvalue weighted by molar-refractivity contribution is 5.95. The number of aromatic nitrogens is 3. The zero-order chi connectivity index (χ0) is 18.9. The number of benzene rings is 2. The van der Waals surface area contributed by atoms with Crippen molar-refractivity contribution in [3.63, 3.8) is 0 Å². The first-order valence-electron chi connectivity index (χ1n) is 9.72. The van der Waals surface area contributed by atoms with Crippen LogP contribution in [0.2, 0.25) is 0 Å². The molecule has 4 aromatic rings. The number of nitrogens with zero attached hydrogens (tertiary/aromatic N) is 3. The molecule has 0 saturated carbocycles. The van der Waals surface area contributed by atoms with E-state index in [1.165, 1.54) is 0 Å². The Hall–Kier alpha value is -3.18. The third-order valence-corrected chi connectivity index (χ3v) is 5.40. The number of rotatable bonds is 3. The number of aliphatic hydroxyl groups is 1. The Morgan fingerprint density at radius 1 is 0.893 bits per heavy atom. The van der Waals surface area contributed by atoms with Gasteiger partial charge in [0.05, 0.1) is 17.5 Å². The molecule has 28 heavy (non-hydrogen) atoms. The summed E-state index contributed by atoms with van der Waals surface area (Å²) >= 11 is 0. The van der Waals surface area contributed by atoms with E-state index in [9.17, 15) is 5.11 Å². The molecule has 3 heterocycles. The zero-order valence-electron chi connectivity index (χ0n) is 15.5. The van der Waals surface area contributed by atoms with Gasteiger partial charge in [0.1, 0.15) is 0 Å². The number of hydrogen-bond donors (Lipinski definition) is 2. The maximum Gasteiger partial charge on any atom is 0.226 e. The first kappa shape index (κ1) is 17.0. The van der Waals surface area contributed by atoms with E-state index in [1.807, 2.05) is 36.5 Å². The molecular formula is C23H22N4O. The van der Waals surface area contributed by atoms with E-state index in [0.717, 1.165) is 65.3 Å². The van der Waals surface area contributed by atoms with Crippen molar-refractivity contribution >= 4 is 16.9 Å². The lowest BCUT2D eigenvalue weighted by molar-refractivity contribution is 0.145. The van der Waals surface area contributed by atoms with Crippen LogP contribution in [0.4, 0.5) is 5.95 Å². The molecule has 1 aliphatic rings. The van der Waals surface area contributed by atoms with Gasteiger partial charge in [-0.1, -0.05) is 48.5 Å². The van der Waals surface area contributed by atoms with Gasteiger partial charge in [-0.15, -0.1) is 0 Å². The molecule has 2 aromatic heterocycles. The highest BCUT2D eigenvalue weighted by Gasteiger charge is 2.21. The molecule has 1 fully saturated rings. The van der Waals surface area contributed by atoms with Crippen molar-refractivity contribution in [3.05, 3.63) is 66.9 Å². The summed E-state index contributed by atoms with van der Waals surface area (Å²) in [6.45, 7) is 1.54. The van der Waals surface area contributed by atoms with E-state index in [-0.39, 0.29) is 6.10 Å². The van der Waals surface area contributed by atoms with Crippen LogP contribution < -0.4 is 4.90 Å². The number of piperidine rings is 1. The van der Waals surface area contributed by atoms with Crippen LogP contribution >= 0.6 is 0 Å². The summed E-state index contributed by atoms with van der Waals surface area (Å²) in [6.07, 6.45) is 3.30. The number of para-hydroxylation sites is 1. The fraction of sp³-hybridized carbons (Fsp3) is 0.217. The monoisotopic (exact) mass is 370 g/mol. The molecule has 5 rings (SSSR count). The summed E-state index contributed by atoms with van der Waals surface area (Å²) in [5.74, 6) is 0.730. The predicted molar refractivity (Wildman–Crippen MR) is 112 cm³/mol. The van der Waals surface area contributed by atoms with Gasteiger partial charge in [-0.05, 0) is 25.0 Å². The second-order valence-electron chi connectivity index (χ2n) is 7.27. The summed E-state index contributed by atoms with van der Waals surface area (Å²) in [5, 5.41) is 11.0. The number of fused-ring (bicyclic) bond motifs is 1. The highest BCUT2D eigenvalue weighted by atomic mass is 16.3. The molecule has 0 unspecified atom stereocenters. The molecule has 5 nitrogen and oxygen atoms in total. The lowest BCUT2D eigenvalue weighted by Crippen LogP contribution is -2.37. The summed E-state index contributed by atoms with van der Waals surface area (Å²) < 4.78 is 0. The van der Waals surface area contributed by atoms with Gasteiger partial charge in [0, 0.05) is 41.3 Å². The van der Waals surface area contributed by atoms with Crippen molar-refractivity contribution < 1.29 is 5.11 Å². The maximum atomic E-state index is 9.86. The van der Waals surface area contributed by atoms with Crippen molar-refractivity contribution in [2.75, 3.05) is 18.0 Å². The second-order valence-corrected chi connectivity index (χ2v) is 7.27. The van der Waals surface area contributed by atoms with Gasteiger partial charge in [0.2, 0.25) is 5.95 Å². The van der Waals surface area contributed by atoms with Gasteiger partial charge >= 0.3 is 0 Å². The number of nitrogens with one attached hydrogen (secondary N) is 1. The second kappa shape index (κ2) is 7.09. The molecule has 0 amide bonds. The summed E-state index contributed by atoms with van der Waals surface area (Å²) in [7, 11) is 0. The Morgan fingerprint density at radius 2 is 1.61 bits per heavy atom. The average Bonchev–Trinajstić information content (AvgIpc) is 3.19. The minimum atomic E-state index is -0.221. The molecule has 0 aliphatic carbocycles. The Labute approximate surface area is 163 Å². The molecule has 1 aliphatic heterocycles. The molecule has 140 valence electrons. The third kappa shape index (κ3) is 3.14. The maximum absolute atomic E-state index is 9.86. The predicted octanol–water partition coefficient (Wildman–Crippen LogP) is 4.25. The standard InChI is InChI=1S/C23H22N4O/c28-17-10-12-27(13-11-17)23-25-21(16-6-2-1-3-7-16)14-22(26-23)19-15-24-20-9-5-4-8-18(19)20/h1-9,14-15,17,24,28H,10-13H2. The largest absolute Gasteiger partial charge is 0.393 e. The minimum absolute atomic E-state index is 0.221. The fourth-order valence-electron chi connectivity index (χ4n) is 3.82. The van der Waals surface area contributed by atoms with Crippen LogP contribution in [0.5, 0.6) is 0 Å². The SMILES string of the molecule is OC1CCN(c2nc(-c3ccccc3)cc(-c3c[nH]c4ccccc34)n2)CC1. The summed E-state index contributed by atoms with van der Waals surface area (Å²) in [6, 6.07) is 20.5. The van der Waals surface area contributed by atoms with Crippen LogP contribution in [0.15, 0.2) is 66.9 Å². The topological polar surface area (TPSA) is 65.0 Å². The van der Waals surface area contributed by atoms with E-state index in [4.69, 9.17) is 9.97 Å². The molecule has 2 N–H and O–H groups in total. The van der Waals surface area contributed by atoms with Crippen LogP contribution in [-0.4, -0.2) is 39.3 Å². The van der Waals surface area contributed by atoms with Crippen LogP contribution in [0.25, 0.3) is 33.4 Å². The number of anilines is 1. The van der Waals surface area contributed by atoms with E-state index >= 15 is 0 Å². The van der Waals surface area contributed by atoms with Gasteiger partial charge < -0.3 is 15.0 Å². The van der Waals surface area contributed by atoms with Crippen LogP contribution in [-0.2, 0) is 0 Å². The Kier molecular flexibility index (Phi) is 4.29. The summed E-state index contributed by atoms with van der Waals surface area (Å²) in [4.78, 5) is 15.3. The highest BCUT2D eigenvalue weighted by Crippen LogP contribution is 2.31. The van der Waals surface area contributed by atoms with E-state index in [2.05, 4.69) is 40.2 Å². The quantitative estimate of drug-likeness (QED) is 0.566. The zero-order valence-corrected chi connectivity index (χ0v) is 15.5. The third-order valence-electron chi connectivity index (χ3n) is 5.40. The first-order valence-corrected chi connectivity index (χ1v) is 9.72. The lowest BCUT2D eigenvalue weighted by atomic mass is 10.1. The van der Waals surface area contributed by atoms with Crippen molar-refractivity contribution in [1.29, 1.82) is 0 Å². The summed E-state index contributed by atoms with van der Waals surface area (Å²) in [5.41, 5.74) is 5.07. The van der Waals surface area contributed by atoms with E-state index in [1.54, 1.807) is 0 Å². The minimum Gasteiger partial charge on any atom is -0.393 e. The van der Waals surface area contributed by atoms with Crippen LogP contribution in [0, 0.1) is 0 Å². The van der Waals surface area contributed by atoms with E-state index < -0.39 is 0 Å². The molecule has 0 radical (unpaired) electrons. The van der Waals surface area contributed by atoms with Gasteiger partial charge in [-0.3, -0.25) is 0 Å². The van der Waals surface area contributed by atoms with Crippen molar-refractivity contribution in [3.8, 4) is 22.5 Å².